The van der Waals surface area contributed by atoms with Crippen molar-refractivity contribution in [3.05, 3.63) is 64.4 Å². The van der Waals surface area contributed by atoms with Crippen molar-refractivity contribution in [3.8, 4) is 5.75 Å². The first kappa shape index (κ1) is 19.3. The topological polar surface area (TPSA) is 44.1 Å². The number of thioether (sulfide) groups is 1. The molecule has 0 amide bonds. The first-order valence-corrected chi connectivity index (χ1v) is 9.27. The van der Waals surface area contributed by atoms with E-state index in [0.717, 1.165) is 5.56 Å². The first-order valence-electron chi connectivity index (χ1n) is 8.28. The Labute approximate surface area is 158 Å². The number of nitrogens with zero attached hydrogens (tertiary/aromatic N) is 2. The van der Waals surface area contributed by atoms with Crippen molar-refractivity contribution in [3.63, 3.8) is 0 Å². The van der Waals surface area contributed by atoms with E-state index in [1.165, 1.54) is 23.9 Å². The molecule has 0 bridgehead atoms. The van der Waals surface area contributed by atoms with Gasteiger partial charge in [0, 0.05) is 12.3 Å². The van der Waals surface area contributed by atoms with Crippen LogP contribution in [0, 0.1) is 0 Å². The molecule has 0 radical (unpaired) electrons. The molecule has 0 spiro atoms. The van der Waals surface area contributed by atoms with Gasteiger partial charge in [0.25, 0.3) is 5.56 Å². The SMILES string of the molecule is CCn1c(SCc2ccc(OCC(F)(F)F)cc2)nc2ccccc2c1=O. The van der Waals surface area contributed by atoms with Crippen LogP contribution in [0.15, 0.2) is 58.5 Å². The Morgan fingerprint density at radius 1 is 1.11 bits per heavy atom. The summed E-state index contributed by atoms with van der Waals surface area (Å²) >= 11 is 1.41. The lowest BCUT2D eigenvalue weighted by molar-refractivity contribution is -0.153. The summed E-state index contributed by atoms with van der Waals surface area (Å²) in [7, 11) is 0. The van der Waals surface area contributed by atoms with Crippen LogP contribution < -0.4 is 10.3 Å². The molecular formula is C19H17F3N2O2S. The molecule has 0 fully saturated rings. The van der Waals surface area contributed by atoms with Gasteiger partial charge in [0.2, 0.25) is 0 Å². The Balaban J connectivity index is 1.74. The molecule has 0 saturated carbocycles. The normalized spacial score (nSPS) is 11.7. The Morgan fingerprint density at radius 2 is 1.81 bits per heavy atom. The monoisotopic (exact) mass is 394 g/mol. The summed E-state index contributed by atoms with van der Waals surface area (Å²) in [5.41, 5.74) is 1.46. The second kappa shape index (κ2) is 8.04. The molecule has 0 atom stereocenters. The third-order valence-corrected chi connectivity index (χ3v) is 4.88. The third-order valence-electron chi connectivity index (χ3n) is 3.84. The molecule has 0 aliphatic carbocycles. The molecule has 3 rings (SSSR count). The molecule has 4 nitrogen and oxygen atoms in total. The summed E-state index contributed by atoms with van der Waals surface area (Å²) < 4.78 is 42.9. The number of hydrogen-bond acceptors (Lipinski definition) is 4. The van der Waals surface area contributed by atoms with E-state index in [-0.39, 0.29) is 11.3 Å². The van der Waals surface area contributed by atoms with E-state index in [1.54, 1.807) is 34.9 Å². The fourth-order valence-electron chi connectivity index (χ4n) is 2.53. The number of alkyl halides is 3. The van der Waals surface area contributed by atoms with Crippen LogP contribution in [0.4, 0.5) is 13.2 Å². The van der Waals surface area contributed by atoms with Gasteiger partial charge in [0.1, 0.15) is 5.75 Å². The maximum atomic E-state index is 12.6. The quantitative estimate of drug-likeness (QED) is 0.451. The van der Waals surface area contributed by atoms with Crippen molar-refractivity contribution in [2.75, 3.05) is 6.61 Å². The number of halogens is 3. The highest BCUT2D eigenvalue weighted by Crippen LogP contribution is 2.24. The van der Waals surface area contributed by atoms with Crippen molar-refractivity contribution in [2.45, 2.75) is 30.6 Å². The molecule has 1 heterocycles. The first-order chi connectivity index (χ1) is 12.9. The molecule has 8 heteroatoms. The molecule has 0 N–H and O–H groups in total. The van der Waals surface area contributed by atoms with Crippen molar-refractivity contribution in [1.82, 2.24) is 9.55 Å². The van der Waals surface area contributed by atoms with Crippen LogP contribution in [0.25, 0.3) is 10.9 Å². The number of para-hydroxylation sites is 1. The van der Waals surface area contributed by atoms with Crippen LogP contribution in [0.5, 0.6) is 5.75 Å². The zero-order valence-corrected chi connectivity index (χ0v) is 15.3. The van der Waals surface area contributed by atoms with Crippen LogP contribution in [0.2, 0.25) is 0 Å². The second-order valence-corrected chi connectivity index (χ2v) is 6.74. The van der Waals surface area contributed by atoms with E-state index < -0.39 is 12.8 Å². The van der Waals surface area contributed by atoms with E-state index in [9.17, 15) is 18.0 Å². The molecule has 0 unspecified atom stereocenters. The van der Waals surface area contributed by atoms with Crippen LogP contribution >= 0.6 is 11.8 Å². The molecule has 0 saturated heterocycles. The van der Waals surface area contributed by atoms with Gasteiger partial charge in [-0.25, -0.2) is 4.98 Å². The average molecular weight is 394 g/mol. The van der Waals surface area contributed by atoms with E-state index in [0.29, 0.717) is 28.4 Å². The highest BCUT2D eigenvalue weighted by atomic mass is 32.2. The molecule has 3 aromatic rings. The molecule has 0 aliphatic rings. The summed E-state index contributed by atoms with van der Waals surface area (Å²) in [4.78, 5) is 17.2. The number of rotatable bonds is 6. The van der Waals surface area contributed by atoms with Crippen molar-refractivity contribution in [2.24, 2.45) is 0 Å². The zero-order valence-electron chi connectivity index (χ0n) is 14.5. The minimum Gasteiger partial charge on any atom is -0.484 e. The maximum absolute atomic E-state index is 12.6. The van der Waals surface area contributed by atoms with E-state index in [4.69, 9.17) is 4.74 Å². The van der Waals surface area contributed by atoms with Gasteiger partial charge in [0.05, 0.1) is 10.9 Å². The lowest BCUT2D eigenvalue weighted by Gasteiger charge is -2.12. The molecule has 0 aliphatic heterocycles. The zero-order chi connectivity index (χ0) is 19.4. The number of fused-ring (bicyclic) bond motifs is 1. The Morgan fingerprint density at radius 3 is 2.48 bits per heavy atom. The average Bonchev–Trinajstić information content (AvgIpc) is 2.65. The van der Waals surface area contributed by atoms with Gasteiger partial charge >= 0.3 is 6.18 Å². The van der Waals surface area contributed by atoms with Crippen molar-refractivity contribution in [1.29, 1.82) is 0 Å². The number of aromatic nitrogens is 2. The Hall–Kier alpha value is -2.48. The summed E-state index contributed by atoms with van der Waals surface area (Å²) in [5.74, 6) is 0.694. The van der Waals surface area contributed by atoms with Gasteiger partial charge in [0.15, 0.2) is 11.8 Å². The lowest BCUT2D eigenvalue weighted by atomic mass is 10.2. The van der Waals surface area contributed by atoms with Crippen LogP contribution in [-0.4, -0.2) is 22.3 Å². The number of ether oxygens (including phenoxy) is 1. The molecule has 1 aromatic heterocycles. The number of benzene rings is 2. The summed E-state index contributed by atoms with van der Waals surface area (Å²) in [6, 6.07) is 13.6. The number of hydrogen-bond donors (Lipinski definition) is 0. The van der Waals surface area contributed by atoms with Gasteiger partial charge in [-0.1, -0.05) is 36.0 Å². The molecule has 142 valence electrons. The van der Waals surface area contributed by atoms with E-state index in [2.05, 4.69) is 4.98 Å². The minimum absolute atomic E-state index is 0.0819. The standard InChI is InChI=1S/C19H17F3N2O2S/c1-2-24-17(25)15-5-3-4-6-16(15)23-18(24)27-11-13-7-9-14(10-8-13)26-12-19(20,21)22/h3-10H,2,11-12H2,1H3. The maximum Gasteiger partial charge on any atom is 0.422 e. The van der Waals surface area contributed by atoms with Gasteiger partial charge in [-0.05, 0) is 36.8 Å². The highest BCUT2D eigenvalue weighted by molar-refractivity contribution is 7.98. The van der Waals surface area contributed by atoms with Gasteiger partial charge in [-0.2, -0.15) is 13.2 Å². The fourth-order valence-corrected chi connectivity index (χ4v) is 3.55. The highest BCUT2D eigenvalue weighted by Gasteiger charge is 2.28. The summed E-state index contributed by atoms with van der Waals surface area (Å²) in [6.07, 6.45) is -4.36. The lowest BCUT2D eigenvalue weighted by Crippen LogP contribution is -2.22. The molecule has 27 heavy (non-hydrogen) atoms. The summed E-state index contributed by atoms with van der Waals surface area (Å²) in [6.45, 7) is 1.07. The van der Waals surface area contributed by atoms with Gasteiger partial charge < -0.3 is 4.74 Å². The van der Waals surface area contributed by atoms with E-state index >= 15 is 0 Å². The predicted octanol–water partition coefficient (Wildman–Crippen LogP) is 4.65. The van der Waals surface area contributed by atoms with Crippen molar-refractivity contribution >= 4 is 22.7 Å². The predicted molar refractivity (Wildman–Crippen MR) is 99.2 cm³/mol. The smallest absolute Gasteiger partial charge is 0.422 e. The summed E-state index contributed by atoms with van der Waals surface area (Å²) in [5, 5.41) is 1.19. The van der Waals surface area contributed by atoms with Gasteiger partial charge in [-0.3, -0.25) is 9.36 Å². The van der Waals surface area contributed by atoms with E-state index in [1.807, 2.05) is 13.0 Å². The second-order valence-electron chi connectivity index (χ2n) is 5.80. The fraction of sp³-hybridized carbons (Fsp3) is 0.263. The Bertz CT molecular complexity index is 985. The van der Waals surface area contributed by atoms with Crippen LogP contribution in [-0.2, 0) is 12.3 Å². The minimum atomic E-state index is -4.36. The van der Waals surface area contributed by atoms with Crippen LogP contribution in [0.3, 0.4) is 0 Å². The molecule has 2 aromatic carbocycles. The third kappa shape index (κ3) is 4.82. The van der Waals surface area contributed by atoms with Crippen LogP contribution in [0.1, 0.15) is 12.5 Å². The largest absolute Gasteiger partial charge is 0.484 e. The Kier molecular flexibility index (Phi) is 5.74. The molecular weight excluding hydrogens is 377 g/mol. The van der Waals surface area contributed by atoms with Gasteiger partial charge in [-0.15, -0.1) is 0 Å². The van der Waals surface area contributed by atoms with Crippen molar-refractivity contribution < 1.29 is 17.9 Å².